The van der Waals surface area contributed by atoms with Gasteiger partial charge in [-0.05, 0) is 31.6 Å². The summed E-state index contributed by atoms with van der Waals surface area (Å²) in [6, 6.07) is 0. The van der Waals surface area contributed by atoms with Gasteiger partial charge in [0, 0.05) is 37.5 Å². The van der Waals surface area contributed by atoms with Crippen LogP contribution in [0.25, 0.3) is 0 Å². The minimum absolute atomic E-state index is 0.0140. The molecule has 2 aliphatic heterocycles. The normalized spacial score (nSPS) is 31.0. The van der Waals surface area contributed by atoms with Gasteiger partial charge in [0.1, 0.15) is 0 Å². The van der Waals surface area contributed by atoms with Crippen LogP contribution in [-0.4, -0.2) is 72.6 Å². The van der Waals surface area contributed by atoms with Crippen LogP contribution in [0.2, 0.25) is 0 Å². The minimum Gasteiger partial charge on any atom is -0.466 e. The van der Waals surface area contributed by atoms with E-state index in [9.17, 15) is 4.79 Å². The summed E-state index contributed by atoms with van der Waals surface area (Å²) in [5, 5.41) is 0. The summed E-state index contributed by atoms with van der Waals surface area (Å²) in [4.78, 5) is 17.1. The first-order valence-electron chi connectivity index (χ1n) is 8.04. The molecule has 0 aromatic heterocycles. The lowest BCUT2D eigenvalue weighted by atomic mass is 9.76. The molecular weight excluding hydrogens is 284 g/mol. The fraction of sp³-hybridized carbons (Fsp3) is 0.938. The average Bonchev–Trinajstić information content (AvgIpc) is 2.38. The molecule has 1 unspecified atom stereocenters. The van der Waals surface area contributed by atoms with Crippen molar-refractivity contribution in [3.8, 4) is 0 Å². The van der Waals surface area contributed by atoms with Gasteiger partial charge in [0.25, 0.3) is 0 Å². The van der Waals surface area contributed by atoms with Crippen LogP contribution in [0.3, 0.4) is 0 Å². The summed E-state index contributed by atoms with van der Waals surface area (Å²) in [5.41, 5.74) is 0.276. The maximum absolute atomic E-state index is 12.2. The minimum atomic E-state index is -0.0327. The van der Waals surface area contributed by atoms with E-state index in [4.69, 9.17) is 4.74 Å². The van der Waals surface area contributed by atoms with Crippen LogP contribution in [0.1, 0.15) is 33.6 Å². The Morgan fingerprint density at radius 2 is 1.86 bits per heavy atom. The lowest BCUT2D eigenvalue weighted by Crippen LogP contribution is -2.61. The van der Waals surface area contributed by atoms with Gasteiger partial charge >= 0.3 is 5.97 Å². The third kappa shape index (κ3) is 4.36. The highest BCUT2D eigenvalue weighted by molar-refractivity contribution is 7.99. The SMILES string of the molecule is CCOC(=O)CC1(N2CCN(C)CC2)CSCC(C)(C)C1. The number of thioether (sulfide) groups is 1. The van der Waals surface area contributed by atoms with Gasteiger partial charge in [0.15, 0.2) is 0 Å². The van der Waals surface area contributed by atoms with E-state index in [0.717, 1.165) is 38.4 Å². The molecule has 5 heteroatoms. The van der Waals surface area contributed by atoms with Gasteiger partial charge in [-0.2, -0.15) is 11.8 Å². The summed E-state index contributed by atoms with van der Waals surface area (Å²) < 4.78 is 5.26. The molecule has 122 valence electrons. The molecule has 2 fully saturated rings. The number of piperazine rings is 1. The van der Waals surface area contributed by atoms with Gasteiger partial charge in [0.05, 0.1) is 13.0 Å². The molecule has 0 aliphatic carbocycles. The van der Waals surface area contributed by atoms with Gasteiger partial charge in [0.2, 0.25) is 0 Å². The number of nitrogens with zero attached hydrogens (tertiary/aromatic N) is 2. The first-order chi connectivity index (χ1) is 9.87. The number of carbonyl (C=O) groups is 1. The van der Waals surface area contributed by atoms with Crippen molar-refractivity contribution in [1.82, 2.24) is 9.80 Å². The van der Waals surface area contributed by atoms with Gasteiger partial charge in [-0.25, -0.2) is 0 Å². The topological polar surface area (TPSA) is 32.8 Å². The zero-order valence-electron chi connectivity index (χ0n) is 14.0. The summed E-state index contributed by atoms with van der Waals surface area (Å²) in [7, 11) is 2.18. The number of likely N-dealkylation sites (N-methyl/N-ethyl adjacent to an activating group) is 1. The van der Waals surface area contributed by atoms with Crippen molar-refractivity contribution in [2.45, 2.75) is 39.2 Å². The van der Waals surface area contributed by atoms with Crippen molar-refractivity contribution >= 4 is 17.7 Å². The average molecular weight is 314 g/mol. The van der Waals surface area contributed by atoms with Crippen LogP contribution in [0.15, 0.2) is 0 Å². The van der Waals surface area contributed by atoms with Crippen LogP contribution in [0, 0.1) is 5.41 Å². The zero-order chi connectivity index (χ0) is 15.5. The molecule has 4 nitrogen and oxygen atoms in total. The highest BCUT2D eigenvalue weighted by atomic mass is 32.2. The first-order valence-corrected chi connectivity index (χ1v) is 9.19. The molecule has 0 amide bonds. The lowest BCUT2D eigenvalue weighted by molar-refractivity contribution is -0.147. The third-order valence-electron chi connectivity index (χ3n) is 4.62. The monoisotopic (exact) mass is 314 g/mol. The fourth-order valence-corrected chi connectivity index (χ4v) is 5.22. The summed E-state index contributed by atoms with van der Waals surface area (Å²) >= 11 is 2.00. The number of carbonyl (C=O) groups excluding carboxylic acids is 1. The van der Waals surface area contributed by atoms with Crippen LogP contribution in [-0.2, 0) is 9.53 Å². The number of ether oxygens (including phenoxy) is 1. The van der Waals surface area contributed by atoms with Crippen LogP contribution in [0.5, 0.6) is 0 Å². The van der Waals surface area contributed by atoms with Crippen LogP contribution in [0.4, 0.5) is 0 Å². The zero-order valence-corrected chi connectivity index (χ0v) is 14.8. The molecule has 0 aromatic carbocycles. The molecule has 2 heterocycles. The number of esters is 1. The summed E-state index contributed by atoms with van der Waals surface area (Å²) in [5.74, 6) is 2.21. The largest absolute Gasteiger partial charge is 0.466 e. The summed E-state index contributed by atoms with van der Waals surface area (Å²) in [6.45, 7) is 11.3. The van der Waals surface area contributed by atoms with Gasteiger partial charge in [-0.15, -0.1) is 0 Å². The predicted octanol–water partition coefficient (Wildman–Crippen LogP) is 2.09. The molecule has 0 N–H and O–H groups in total. The predicted molar refractivity (Wildman–Crippen MR) is 88.8 cm³/mol. The van der Waals surface area contributed by atoms with E-state index >= 15 is 0 Å². The summed E-state index contributed by atoms with van der Waals surface area (Å²) in [6.07, 6.45) is 1.64. The second-order valence-corrected chi connectivity index (χ2v) is 8.32. The third-order valence-corrected chi connectivity index (χ3v) is 6.35. The van der Waals surface area contributed by atoms with Crippen molar-refractivity contribution in [3.05, 3.63) is 0 Å². The Bertz CT molecular complexity index is 367. The van der Waals surface area contributed by atoms with E-state index in [1.54, 1.807) is 0 Å². The molecule has 2 saturated heterocycles. The van der Waals surface area contributed by atoms with Crippen molar-refractivity contribution in [3.63, 3.8) is 0 Å². The molecule has 1 atom stereocenters. The number of hydrogen-bond donors (Lipinski definition) is 0. The van der Waals surface area contributed by atoms with Crippen molar-refractivity contribution in [1.29, 1.82) is 0 Å². The van der Waals surface area contributed by atoms with Gasteiger partial charge in [-0.3, -0.25) is 9.69 Å². The maximum Gasteiger partial charge on any atom is 0.307 e. The van der Waals surface area contributed by atoms with Gasteiger partial charge in [-0.1, -0.05) is 13.8 Å². The smallest absolute Gasteiger partial charge is 0.307 e. The van der Waals surface area contributed by atoms with E-state index in [-0.39, 0.29) is 11.5 Å². The maximum atomic E-state index is 12.2. The molecule has 21 heavy (non-hydrogen) atoms. The Hall–Kier alpha value is -0.260. The van der Waals surface area contributed by atoms with E-state index in [2.05, 4.69) is 30.7 Å². The van der Waals surface area contributed by atoms with E-state index in [1.165, 1.54) is 5.75 Å². The molecular formula is C16H30N2O2S. The first kappa shape index (κ1) is 17.1. The van der Waals surface area contributed by atoms with Crippen LogP contribution < -0.4 is 0 Å². The Labute approximate surface area is 133 Å². The standard InChI is InChI=1S/C16H30N2O2S/c1-5-20-14(19)10-16(11-15(2,3)12-21-13-16)18-8-6-17(4)7-9-18/h5-13H2,1-4H3. The molecule has 0 saturated carbocycles. The molecule has 2 aliphatic rings. The lowest BCUT2D eigenvalue weighted by Gasteiger charge is -2.52. The molecule has 0 radical (unpaired) electrons. The molecule has 2 rings (SSSR count). The highest BCUT2D eigenvalue weighted by Crippen LogP contribution is 2.44. The Morgan fingerprint density at radius 3 is 2.43 bits per heavy atom. The highest BCUT2D eigenvalue weighted by Gasteiger charge is 2.46. The molecule has 0 aromatic rings. The second-order valence-electron chi connectivity index (χ2n) is 7.33. The van der Waals surface area contributed by atoms with Gasteiger partial charge < -0.3 is 9.64 Å². The van der Waals surface area contributed by atoms with Crippen molar-refractivity contribution in [2.75, 3.05) is 51.3 Å². The van der Waals surface area contributed by atoms with Crippen LogP contribution >= 0.6 is 11.8 Å². The second kappa shape index (κ2) is 6.88. The Morgan fingerprint density at radius 1 is 1.19 bits per heavy atom. The van der Waals surface area contributed by atoms with Crippen molar-refractivity contribution < 1.29 is 9.53 Å². The quantitative estimate of drug-likeness (QED) is 0.742. The Balaban J connectivity index is 2.15. The molecule has 0 spiro atoms. The van der Waals surface area contributed by atoms with E-state index in [0.29, 0.717) is 18.4 Å². The van der Waals surface area contributed by atoms with Crippen molar-refractivity contribution in [2.24, 2.45) is 5.41 Å². The number of hydrogen-bond acceptors (Lipinski definition) is 5. The Kier molecular flexibility index (Phi) is 5.60. The van der Waals surface area contributed by atoms with E-state index in [1.807, 2.05) is 18.7 Å². The van der Waals surface area contributed by atoms with E-state index < -0.39 is 0 Å². The fourth-order valence-electron chi connectivity index (χ4n) is 3.70. The molecule has 0 bridgehead atoms. The number of rotatable bonds is 4.